The molecule has 0 fully saturated rings. The number of ether oxygens (including phenoxy) is 1. The second-order valence-electron chi connectivity index (χ2n) is 3.73. The van der Waals surface area contributed by atoms with Crippen LogP contribution in [-0.2, 0) is 6.54 Å². The molecule has 0 bridgehead atoms. The number of benzene rings is 2. The molecule has 2 aromatic rings. The number of halogens is 1. The van der Waals surface area contributed by atoms with Crippen molar-refractivity contribution < 1.29 is 4.74 Å². The molecule has 0 aliphatic carbocycles. The second kappa shape index (κ2) is 6.28. The van der Waals surface area contributed by atoms with Crippen molar-refractivity contribution >= 4 is 12.4 Å². The molecule has 0 spiro atoms. The maximum atomic E-state index is 5.78. The molecule has 90 valence electrons. The van der Waals surface area contributed by atoms with E-state index in [1.807, 2.05) is 48.5 Å². The van der Waals surface area contributed by atoms with Gasteiger partial charge in [0.05, 0.1) is 0 Å². The summed E-state index contributed by atoms with van der Waals surface area (Å²) >= 11 is 0. The zero-order valence-electron chi connectivity index (χ0n) is 9.72. The third kappa shape index (κ3) is 3.48. The van der Waals surface area contributed by atoms with E-state index in [0.717, 1.165) is 17.1 Å². The Morgan fingerprint density at radius 2 is 1.65 bits per heavy atom. The predicted octanol–water partition coefficient (Wildman–Crippen LogP) is 3.67. The highest BCUT2D eigenvalue weighted by Crippen LogP contribution is 2.24. The molecule has 2 aromatic carbocycles. The van der Waals surface area contributed by atoms with Gasteiger partial charge in [0.2, 0.25) is 0 Å². The van der Waals surface area contributed by atoms with Crippen LogP contribution in [-0.4, -0.2) is 0 Å². The summed E-state index contributed by atoms with van der Waals surface area (Å²) in [5.41, 5.74) is 7.89. The monoisotopic (exact) mass is 249 g/mol. The quantitative estimate of drug-likeness (QED) is 0.901. The van der Waals surface area contributed by atoms with Crippen LogP contribution in [0.5, 0.6) is 11.5 Å². The van der Waals surface area contributed by atoms with Crippen molar-refractivity contribution in [1.29, 1.82) is 0 Å². The summed E-state index contributed by atoms with van der Waals surface area (Å²) < 4.78 is 5.78. The third-order valence-electron chi connectivity index (χ3n) is 2.44. The largest absolute Gasteiger partial charge is 0.457 e. The van der Waals surface area contributed by atoms with E-state index < -0.39 is 0 Å². The number of hydrogen-bond donors (Lipinski definition) is 1. The van der Waals surface area contributed by atoms with E-state index in [9.17, 15) is 0 Å². The van der Waals surface area contributed by atoms with E-state index in [2.05, 4.69) is 6.92 Å². The minimum atomic E-state index is 0. The van der Waals surface area contributed by atoms with Crippen LogP contribution in [0.1, 0.15) is 11.1 Å². The molecule has 0 unspecified atom stereocenters. The van der Waals surface area contributed by atoms with Crippen LogP contribution in [0.2, 0.25) is 0 Å². The molecule has 2 nitrogen and oxygen atoms in total. The highest BCUT2D eigenvalue weighted by Gasteiger charge is 2.01. The Labute approximate surface area is 108 Å². The van der Waals surface area contributed by atoms with E-state index in [1.54, 1.807) is 0 Å². The zero-order chi connectivity index (χ0) is 11.4. The SMILES string of the molecule is Cc1ccc(Oc2ccccc2CN)cc1.Cl. The Bertz CT molecular complexity index is 468. The lowest BCUT2D eigenvalue weighted by Gasteiger charge is -2.09. The smallest absolute Gasteiger partial charge is 0.131 e. The lowest BCUT2D eigenvalue weighted by Crippen LogP contribution is -1.98. The van der Waals surface area contributed by atoms with Gasteiger partial charge in [0.15, 0.2) is 0 Å². The summed E-state index contributed by atoms with van der Waals surface area (Å²) in [6.45, 7) is 2.54. The van der Waals surface area contributed by atoms with Crippen LogP contribution >= 0.6 is 12.4 Å². The van der Waals surface area contributed by atoms with E-state index >= 15 is 0 Å². The van der Waals surface area contributed by atoms with Gasteiger partial charge in [0.25, 0.3) is 0 Å². The summed E-state index contributed by atoms with van der Waals surface area (Å²) in [5.74, 6) is 1.67. The van der Waals surface area contributed by atoms with Crippen molar-refractivity contribution in [2.24, 2.45) is 5.73 Å². The van der Waals surface area contributed by atoms with Crippen molar-refractivity contribution in [2.75, 3.05) is 0 Å². The van der Waals surface area contributed by atoms with Crippen LogP contribution in [0.25, 0.3) is 0 Å². The maximum Gasteiger partial charge on any atom is 0.131 e. The molecule has 0 saturated heterocycles. The molecule has 2 N–H and O–H groups in total. The lowest BCUT2D eigenvalue weighted by molar-refractivity contribution is 0.476. The summed E-state index contributed by atoms with van der Waals surface area (Å²) in [6.07, 6.45) is 0. The maximum absolute atomic E-state index is 5.78. The van der Waals surface area contributed by atoms with Gasteiger partial charge < -0.3 is 10.5 Å². The van der Waals surface area contributed by atoms with Gasteiger partial charge in [0, 0.05) is 12.1 Å². The minimum Gasteiger partial charge on any atom is -0.457 e. The summed E-state index contributed by atoms with van der Waals surface area (Å²) in [5, 5.41) is 0. The van der Waals surface area contributed by atoms with E-state index in [4.69, 9.17) is 10.5 Å². The minimum absolute atomic E-state index is 0. The molecule has 0 aliphatic heterocycles. The van der Waals surface area contributed by atoms with Crippen molar-refractivity contribution in [3.05, 3.63) is 59.7 Å². The van der Waals surface area contributed by atoms with Gasteiger partial charge in [-0.25, -0.2) is 0 Å². The van der Waals surface area contributed by atoms with Crippen LogP contribution < -0.4 is 10.5 Å². The summed E-state index contributed by atoms with van der Waals surface area (Å²) in [7, 11) is 0. The Balaban J connectivity index is 0.00000144. The molecule has 0 saturated carbocycles. The summed E-state index contributed by atoms with van der Waals surface area (Å²) in [4.78, 5) is 0. The second-order valence-corrected chi connectivity index (χ2v) is 3.73. The van der Waals surface area contributed by atoms with Gasteiger partial charge in [0.1, 0.15) is 11.5 Å². The zero-order valence-corrected chi connectivity index (χ0v) is 10.5. The topological polar surface area (TPSA) is 35.2 Å². The number of rotatable bonds is 3. The Hall–Kier alpha value is -1.51. The molecule has 2 rings (SSSR count). The van der Waals surface area contributed by atoms with Gasteiger partial charge >= 0.3 is 0 Å². The number of hydrogen-bond acceptors (Lipinski definition) is 2. The molecule has 0 atom stereocenters. The van der Waals surface area contributed by atoms with Crippen LogP contribution in [0.4, 0.5) is 0 Å². The Morgan fingerprint density at radius 3 is 2.29 bits per heavy atom. The van der Waals surface area contributed by atoms with Gasteiger partial charge in [-0.1, -0.05) is 35.9 Å². The normalized spacial score (nSPS) is 9.53. The van der Waals surface area contributed by atoms with E-state index in [0.29, 0.717) is 6.54 Å². The molecule has 0 radical (unpaired) electrons. The molecule has 0 heterocycles. The first kappa shape index (κ1) is 13.6. The van der Waals surface area contributed by atoms with Gasteiger partial charge in [-0.15, -0.1) is 12.4 Å². The van der Waals surface area contributed by atoms with Crippen molar-refractivity contribution in [1.82, 2.24) is 0 Å². The Morgan fingerprint density at radius 1 is 1.00 bits per heavy atom. The third-order valence-corrected chi connectivity index (χ3v) is 2.44. The predicted molar refractivity (Wildman–Crippen MR) is 72.8 cm³/mol. The van der Waals surface area contributed by atoms with Gasteiger partial charge in [-0.2, -0.15) is 0 Å². The number of nitrogens with two attached hydrogens (primary N) is 1. The fourth-order valence-corrected chi connectivity index (χ4v) is 1.51. The molecule has 0 amide bonds. The first-order valence-electron chi connectivity index (χ1n) is 5.32. The average Bonchev–Trinajstić information content (AvgIpc) is 2.33. The van der Waals surface area contributed by atoms with Crippen molar-refractivity contribution in [3.63, 3.8) is 0 Å². The first-order valence-corrected chi connectivity index (χ1v) is 5.32. The van der Waals surface area contributed by atoms with Gasteiger partial charge in [-0.3, -0.25) is 0 Å². The fourth-order valence-electron chi connectivity index (χ4n) is 1.51. The number of aryl methyl sites for hydroxylation is 1. The van der Waals surface area contributed by atoms with Crippen LogP contribution in [0, 0.1) is 6.92 Å². The van der Waals surface area contributed by atoms with Crippen molar-refractivity contribution in [2.45, 2.75) is 13.5 Å². The standard InChI is InChI=1S/C14H15NO.ClH/c1-11-6-8-13(9-7-11)16-14-5-3-2-4-12(14)10-15;/h2-9H,10,15H2,1H3;1H. The average molecular weight is 250 g/mol. The van der Waals surface area contributed by atoms with Gasteiger partial charge in [-0.05, 0) is 25.1 Å². The van der Waals surface area contributed by atoms with Crippen LogP contribution in [0.15, 0.2) is 48.5 Å². The highest BCUT2D eigenvalue weighted by atomic mass is 35.5. The fraction of sp³-hybridized carbons (Fsp3) is 0.143. The number of para-hydroxylation sites is 1. The lowest BCUT2D eigenvalue weighted by atomic mass is 10.2. The summed E-state index contributed by atoms with van der Waals surface area (Å²) in [6, 6.07) is 15.8. The molecule has 17 heavy (non-hydrogen) atoms. The van der Waals surface area contributed by atoms with Crippen LogP contribution in [0.3, 0.4) is 0 Å². The Kier molecular flexibility index (Phi) is 5.01. The van der Waals surface area contributed by atoms with E-state index in [-0.39, 0.29) is 12.4 Å². The first-order chi connectivity index (χ1) is 7.79. The van der Waals surface area contributed by atoms with Crippen molar-refractivity contribution in [3.8, 4) is 11.5 Å². The highest BCUT2D eigenvalue weighted by molar-refractivity contribution is 5.85. The molecular weight excluding hydrogens is 234 g/mol. The van der Waals surface area contributed by atoms with E-state index in [1.165, 1.54) is 5.56 Å². The molecule has 0 aliphatic rings. The molecular formula is C14H16ClNO. The molecule has 3 heteroatoms. The molecule has 0 aromatic heterocycles.